The molecule has 4 heteroatoms. The molecule has 0 radical (unpaired) electrons. The van der Waals surface area contributed by atoms with E-state index in [0.29, 0.717) is 12.8 Å². The molecule has 0 amide bonds. The standard InChI is InChI=1S/C18H26O4/c1-5-21-16(19)18(17(20)22-6-2)10-13-8-7-9-14(12(3)4)15(13)11-18/h7-8,13,15H,5-6,9-11H2,1-4H3/t13-,15-/m0/s1. The van der Waals surface area contributed by atoms with Gasteiger partial charge in [-0.15, -0.1) is 0 Å². The zero-order valence-corrected chi connectivity index (χ0v) is 14.0. The second-order valence-electron chi connectivity index (χ2n) is 6.36. The van der Waals surface area contributed by atoms with Gasteiger partial charge in [0.15, 0.2) is 5.41 Å². The zero-order chi connectivity index (χ0) is 16.3. The molecule has 22 heavy (non-hydrogen) atoms. The maximum atomic E-state index is 12.5. The third-order valence-corrected chi connectivity index (χ3v) is 4.81. The van der Waals surface area contributed by atoms with Gasteiger partial charge in [0.05, 0.1) is 13.2 Å². The number of hydrogen-bond donors (Lipinski definition) is 0. The average molecular weight is 306 g/mol. The molecule has 0 aromatic rings. The molecule has 4 nitrogen and oxygen atoms in total. The van der Waals surface area contributed by atoms with Crippen LogP contribution in [0.4, 0.5) is 0 Å². The van der Waals surface area contributed by atoms with E-state index in [1.165, 1.54) is 11.1 Å². The Bertz CT molecular complexity index is 493. The average Bonchev–Trinajstić information content (AvgIpc) is 2.88. The number of hydrogen-bond acceptors (Lipinski definition) is 4. The highest BCUT2D eigenvalue weighted by Crippen LogP contribution is 2.53. The quantitative estimate of drug-likeness (QED) is 0.454. The van der Waals surface area contributed by atoms with E-state index in [9.17, 15) is 9.59 Å². The molecule has 0 aromatic heterocycles. The van der Waals surface area contributed by atoms with Gasteiger partial charge in [0, 0.05) is 0 Å². The topological polar surface area (TPSA) is 52.6 Å². The van der Waals surface area contributed by atoms with Crippen LogP contribution in [-0.2, 0) is 19.1 Å². The molecule has 1 saturated carbocycles. The van der Waals surface area contributed by atoms with E-state index in [1.807, 2.05) is 0 Å². The van der Waals surface area contributed by atoms with E-state index in [-0.39, 0.29) is 25.0 Å². The highest BCUT2D eigenvalue weighted by Gasteiger charge is 2.57. The van der Waals surface area contributed by atoms with E-state index in [0.717, 1.165) is 6.42 Å². The van der Waals surface area contributed by atoms with Gasteiger partial charge < -0.3 is 9.47 Å². The Kier molecular flexibility index (Phi) is 5.09. The number of carbonyl (C=O) groups excluding carboxylic acids is 2. The van der Waals surface area contributed by atoms with E-state index in [1.54, 1.807) is 13.8 Å². The number of ether oxygens (including phenoxy) is 2. The summed E-state index contributed by atoms with van der Waals surface area (Å²) >= 11 is 0. The van der Waals surface area contributed by atoms with Crippen molar-refractivity contribution < 1.29 is 19.1 Å². The van der Waals surface area contributed by atoms with Gasteiger partial charge in [0.2, 0.25) is 0 Å². The van der Waals surface area contributed by atoms with Crippen LogP contribution >= 0.6 is 0 Å². The zero-order valence-electron chi connectivity index (χ0n) is 14.0. The summed E-state index contributed by atoms with van der Waals surface area (Å²) in [5.74, 6) is -0.398. The van der Waals surface area contributed by atoms with Crippen LogP contribution in [0.2, 0.25) is 0 Å². The molecular weight excluding hydrogens is 280 g/mol. The van der Waals surface area contributed by atoms with Crippen LogP contribution in [0.1, 0.15) is 47.0 Å². The van der Waals surface area contributed by atoms with E-state index >= 15 is 0 Å². The Hall–Kier alpha value is -1.58. The van der Waals surface area contributed by atoms with E-state index in [2.05, 4.69) is 26.0 Å². The van der Waals surface area contributed by atoms with Crippen molar-refractivity contribution in [1.29, 1.82) is 0 Å². The number of esters is 2. The highest BCUT2D eigenvalue weighted by atomic mass is 16.6. The Morgan fingerprint density at radius 1 is 1.14 bits per heavy atom. The minimum absolute atomic E-state index is 0.215. The first-order valence-electron chi connectivity index (χ1n) is 8.13. The Labute approximate surface area is 132 Å². The molecule has 2 atom stereocenters. The fourth-order valence-corrected chi connectivity index (χ4v) is 3.79. The summed E-state index contributed by atoms with van der Waals surface area (Å²) in [6, 6.07) is 0. The lowest BCUT2D eigenvalue weighted by Gasteiger charge is -2.26. The van der Waals surface area contributed by atoms with Gasteiger partial charge in [0.1, 0.15) is 0 Å². The lowest BCUT2D eigenvalue weighted by molar-refractivity contribution is -0.171. The van der Waals surface area contributed by atoms with Crippen LogP contribution in [0, 0.1) is 17.3 Å². The summed E-state index contributed by atoms with van der Waals surface area (Å²) in [4.78, 5) is 25.1. The molecule has 0 spiro atoms. The molecule has 122 valence electrons. The van der Waals surface area contributed by atoms with Crippen molar-refractivity contribution in [3.63, 3.8) is 0 Å². The summed E-state index contributed by atoms with van der Waals surface area (Å²) in [5.41, 5.74) is 1.49. The number of carbonyl (C=O) groups is 2. The SMILES string of the molecule is CCOC(=O)C1(C(=O)OCC)C[C@@H]2C(=C(C)C)CC=C[C@H]2C1. The summed E-state index contributed by atoms with van der Waals surface area (Å²) in [6.45, 7) is 8.28. The van der Waals surface area contributed by atoms with Crippen LogP contribution in [0.3, 0.4) is 0 Å². The van der Waals surface area contributed by atoms with Crippen LogP contribution in [0.15, 0.2) is 23.3 Å². The number of fused-ring (bicyclic) bond motifs is 1. The number of allylic oxidation sites excluding steroid dienone is 4. The van der Waals surface area contributed by atoms with Gasteiger partial charge in [-0.25, -0.2) is 0 Å². The van der Waals surface area contributed by atoms with Crippen LogP contribution < -0.4 is 0 Å². The number of rotatable bonds is 4. The summed E-state index contributed by atoms with van der Waals surface area (Å²) in [7, 11) is 0. The van der Waals surface area contributed by atoms with Crippen molar-refractivity contribution in [1.82, 2.24) is 0 Å². The monoisotopic (exact) mass is 306 g/mol. The third-order valence-electron chi connectivity index (χ3n) is 4.81. The molecule has 0 aliphatic heterocycles. The maximum Gasteiger partial charge on any atom is 0.323 e. The van der Waals surface area contributed by atoms with Crippen LogP contribution in [0.25, 0.3) is 0 Å². The molecule has 2 aliphatic rings. The molecule has 1 fully saturated rings. The lowest BCUT2D eigenvalue weighted by atomic mass is 9.80. The Morgan fingerprint density at radius 3 is 2.23 bits per heavy atom. The van der Waals surface area contributed by atoms with Crippen molar-refractivity contribution in [2.24, 2.45) is 17.3 Å². The largest absolute Gasteiger partial charge is 0.465 e. The predicted molar refractivity (Wildman–Crippen MR) is 84.0 cm³/mol. The van der Waals surface area contributed by atoms with Gasteiger partial charge in [-0.2, -0.15) is 0 Å². The molecule has 0 aromatic carbocycles. The fraction of sp³-hybridized carbons (Fsp3) is 0.667. The minimum atomic E-state index is -1.14. The highest BCUT2D eigenvalue weighted by molar-refractivity contribution is 6.00. The Morgan fingerprint density at radius 2 is 1.73 bits per heavy atom. The maximum absolute atomic E-state index is 12.5. The van der Waals surface area contributed by atoms with Crippen molar-refractivity contribution in [3.8, 4) is 0 Å². The van der Waals surface area contributed by atoms with Gasteiger partial charge >= 0.3 is 11.9 Å². The van der Waals surface area contributed by atoms with E-state index < -0.39 is 17.4 Å². The van der Waals surface area contributed by atoms with Crippen molar-refractivity contribution in [2.75, 3.05) is 13.2 Å². The van der Waals surface area contributed by atoms with Crippen LogP contribution in [-0.4, -0.2) is 25.2 Å². The van der Waals surface area contributed by atoms with Gasteiger partial charge in [-0.1, -0.05) is 23.3 Å². The molecule has 0 heterocycles. The lowest BCUT2D eigenvalue weighted by Crippen LogP contribution is -2.40. The van der Waals surface area contributed by atoms with Gasteiger partial charge in [-0.05, 0) is 58.8 Å². The Balaban J connectivity index is 2.37. The molecule has 2 aliphatic carbocycles. The second kappa shape index (κ2) is 6.67. The first-order chi connectivity index (χ1) is 10.5. The van der Waals surface area contributed by atoms with Crippen molar-refractivity contribution in [3.05, 3.63) is 23.3 Å². The van der Waals surface area contributed by atoms with Gasteiger partial charge in [-0.3, -0.25) is 9.59 Å². The molecule has 0 N–H and O–H groups in total. The summed E-state index contributed by atoms with van der Waals surface area (Å²) < 4.78 is 10.4. The summed E-state index contributed by atoms with van der Waals surface area (Å²) in [5, 5.41) is 0. The van der Waals surface area contributed by atoms with Crippen molar-refractivity contribution >= 4 is 11.9 Å². The molecule has 2 rings (SSSR count). The third kappa shape index (κ3) is 2.83. The normalized spacial score (nSPS) is 25.5. The fourth-order valence-electron chi connectivity index (χ4n) is 3.79. The minimum Gasteiger partial charge on any atom is -0.465 e. The molecule has 0 bridgehead atoms. The first-order valence-corrected chi connectivity index (χ1v) is 8.13. The smallest absolute Gasteiger partial charge is 0.323 e. The molecule has 0 unspecified atom stereocenters. The van der Waals surface area contributed by atoms with E-state index in [4.69, 9.17) is 9.47 Å². The molecule has 0 saturated heterocycles. The second-order valence-corrected chi connectivity index (χ2v) is 6.36. The predicted octanol–water partition coefficient (Wildman–Crippen LogP) is 3.42. The van der Waals surface area contributed by atoms with Crippen molar-refractivity contribution in [2.45, 2.75) is 47.0 Å². The van der Waals surface area contributed by atoms with Crippen LogP contribution in [0.5, 0.6) is 0 Å². The first kappa shape index (κ1) is 16.8. The molecular formula is C18H26O4. The van der Waals surface area contributed by atoms with Gasteiger partial charge in [0.25, 0.3) is 0 Å². The summed E-state index contributed by atoms with van der Waals surface area (Å²) in [6.07, 6.45) is 6.20.